The van der Waals surface area contributed by atoms with Gasteiger partial charge in [-0.2, -0.15) is 4.72 Å². The third-order valence-electron chi connectivity index (χ3n) is 5.07. The monoisotopic (exact) mass is 445 g/mol. The quantitative estimate of drug-likeness (QED) is 0.605. The fourth-order valence-electron chi connectivity index (χ4n) is 2.83. The van der Waals surface area contributed by atoms with Gasteiger partial charge in [0.05, 0.1) is 11.3 Å². The minimum absolute atomic E-state index is 0.166. The molecule has 0 aliphatic carbocycles. The average molecular weight is 446 g/mol. The van der Waals surface area contributed by atoms with E-state index in [0.29, 0.717) is 23.4 Å². The molecule has 0 aliphatic heterocycles. The van der Waals surface area contributed by atoms with Gasteiger partial charge < -0.3 is 5.32 Å². The smallest absolute Gasteiger partial charge is 0.245 e. The van der Waals surface area contributed by atoms with Crippen LogP contribution in [-0.2, 0) is 21.2 Å². The summed E-state index contributed by atoms with van der Waals surface area (Å²) in [6.07, 6.45) is 0.533. The summed E-state index contributed by atoms with van der Waals surface area (Å²) in [5.74, 6) is -0.881. The number of halogens is 1. The Morgan fingerprint density at radius 1 is 1.10 bits per heavy atom. The van der Waals surface area contributed by atoms with Gasteiger partial charge in [-0.1, -0.05) is 18.2 Å². The van der Waals surface area contributed by atoms with Crippen molar-refractivity contribution in [1.82, 2.24) is 4.72 Å². The van der Waals surface area contributed by atoms with Gasteiger partial charge in [0.25, 0.3) is 0 Å². The van der Waals surface area contributed by atoms with Crippen molar-refractivity contribution in [2.75, 3.05) is 5.32 Å². The lowest BCUT2D eigenvalue weighted by molar-refractivity contribution is -0.121. The summed E-state index contributed by atoms with van der Waals surface area (Å²) in [6.45, 7) is 15.1. The molecule has 31 heavy (non-hydrogen) atoms. The lowest BCUT2D eigenvalue weighted by atomic mass is 9.93. The summed E-state index contributed by atoms with van der Waals surface area (Å²) >= 11 is 0. The highest BCUT2D eigenvalue weighted by Crippen LogP contribution is 2.26. The van der Waals surface area contributed by atoms with Crippen molar-refractivity contribution in [3.8, 4) is 0 Å². The summed E-state index contributed by atoms with van der Waals surface area (Å²) in [7, 11) is -3.83. The molecule has 1 amide bonds. The van der Waals surface area contributed by atoms with E-state index in [1.165, 1.54) is 19.1 Å². The summed E-state index contributed by atoms with van der Waals surface area (Å²) in [5, 5.41) is 2.77. The second-order valence-electron chi connectivity index (χ2n) is 8.74. The fourth-order valence-corrected chi connectivity index (χ4v) is 3.93. The molecule has 8 heteroatoms. The first-order chi connectivity index (χ1) is 14.3. The van der Waals surface area contributed by atoms with Gasteiger partial charge >= 0.3 is 0 Å². The highest BCUT2D eigenvalue weighted by atomic mass is 32.2. The van der Waals surface area contributed by atoms with Gasteiger partial charge in [-0.05, 0) is 82.9 Å². The highest BCUT2D eigenvalue weighted by Gasteiger charge is 2.41. The Hall–Kier alpha value is -2.76. The summed E-state index contributed by atoms with van der Waals surface area (Å²) < 4.78 is 40.4. The number of sulfonamides is 1. The molecule has 0 fully saturated rings. The van der Waals surface area contributed by atoms with Crippen molar-refractivity contribution in [3.63, 3.8) is 0 Å². The molecule has 0 saturated heterocycles. The van der Waals surface area contributed by atoms with E-state index in [-0.39, 0.29) is 12.2 Å². The van der Waals surface area contributed by atoms with E-state index in [1.54, 1.807) is 58.0 Å². The normalized spacial score (nSPS) is 13.8. The van der Waals surface area contributed by atoms with Crippen LogP contribution in [0.4, 0.5) is 15.8 Å². The third-order valence-corrected chi connectivity index (χ3v) is 7.40. The number of anilines is 1. The van der Waals surface area contributed by atoms with Crippen molar-refractivity contribution in [2.45, 2.75) is 57.7 Å². The number of amides is 1. The summed E-state index contributed by atoms with van der Waals surface area (Å²) in [4.78, 5) is 16.6. The largest absolute Gasteiger partial charge is 0.325 e. The molecule has 0 heterocycles. The van der Waals surface area contributed by atoms with Gasteiger partial charge in [-0.15, -0.1) is 0 Å². The molecule has 6 nitrogen and oxygen atoms in total. The third kappa shape index (κ3) is 6.12. The molecule has 0 aliphatic rings. The van der Waals surface area contributed by atoms with Gasteiger partial charge in [0.15, 0.2) is 5.69 Å². The molecule has 2 aromatic carbocycles. The zero-order chi connectivity index (χ0) is 23.4. The van der Waals surface area contributed by atoms with E-state index in [0.717, 1.165) is 5.56 Å². The second kappa shape index (κ2) is 9.16. The van der Waals surface area contributed by atoms with Gasteiger partial charge in [0.1, 0.15) is 11.4 Å². The number of aryl methyl sites for hydroxylation is 2. The van der Waals surface area contributed by atoms with Crippen LogP contribution in [0.25, 0.3) is 4.85 Å². The number of nitrogens with one attached hydrogen (secondary N) is 2. The molecule has 166 valence electrons. The molecule has 0 bridgehead atoms. The van der Waals surface area contributed by atoms with E-state index >= 15 is 0 Å². The Balaban J connectivity index is 2.33. The van der Waals surface area contributed by atoms with E-state index < -0.39 is 26.2 Å². The number of carbonyl (C=O) groups excluding carboxylic acids is 1. The van der Waals surface area contributed by atoms with Gasteiger partial charge in [-0.25, -0.2) is 17.7 Å². The number of carbonyl (C=O) groups is 1. The van der Waals surface area contributed by atoms with Crippen LogP contribution in [0, 0.1) is 19.3 Å². The molecule has 0 spiro atoms. The second-order valence-corrected chi connectivity index (χ2v) is 11.2. The predicted octanol–water partition coefficient (Wildman–Crippen LogP) is 4.73. The minimum atomic E-state index is -3.83. The molecule has 2 rings (SSSR count). The Morgan fingerprint density at radius 2 is 1.71 bits per heavy atom. The molecular weight excluding hydrogens is 417 g/mol. The molecular formula is C23H28FN3O3S. The average Bonchev–Trinajstić information content (AvgIpc) is 2.66. The standard InChI is InChI=1S/C23H28FN3O3S/c1-16-15-19(11-12-20(16)25-6)26-21(28)23(5,27-31(29,30)22(2,3)4)14-13-17-7-9-18(24)10-8-17/h7-12,15,27H,13-14H2,1-5H3,(H,26,28)/t23-/m1/s1. The number of hydrogen-bond donors (Lipinski definition) is 2. The van der Waals surface area contributed by atoms with Crippen molar-refractivity contribution >= 4 is 27.3 Å². The van der Waals surface area contributed by atoms with Crippen LogP contribution < -0.4 is 10.0 Å². The summed E-state index contributed by atoms with van der Waals surface area (Å²) in [6, 6.07) is 10.8. The van der Waals surface area contributed by atoms with Crippen LogP contribution in [0.5, 0.6) is 0 Å². The fraction of sp³-hybridized carbons (Fsp3) is 0.391. The number of hydrogen-bond acceptors (Lipinski definition) is 3. The molecule has 2 aromatic rings. The Morgan fingerprint density at radius 3 is 2.23 bits per heavy atom. The zero-order valence-electron chi connectivity index (χ0n) is 18.4. The first kappa shape index (κ1) is 24.5. The molecule has 0 unspecified atom stereocenters. The van der Waals surface area contributed by atoms with Crippen LogP contribution in [0.15, 0.2) is 42.5 Å². The molecule has 0 aromatic heterocycles. The Kier molecular flexibility index (Phi) is 7.25. The van der Waals surface area contributed by atoms with E-state index in [1.807, 2.05) is 0 Å². The topological polar surface area (TPSA) is 79.6 Å². The number of rotatable bonds is 7. The molecule has 0 saturated carbocycles. The maximum Gasteiger partial charge on any atom is 0.245 e. The predicted molar refractivity (Wildman–Crippen MR) is 121 cm³/mol. The maximum absolute atomic E-state index is 13.2. The Labute approximate surface area is 183 Å². The number of benzene rings is 2. The van der Waals surface area contributed by atoms with Crippen LogP contribution in [0.3, 0.4) is 0 Å². The molecule has 2 N–H and O–H groups in total. The van der Waals surface area contributed by atoms with E-state index in [4.69, 9.17) is 6.57 Å². The maximum atomic E-state index is 13.2. The number of nitrogens with zero attached hydrogens (tertiary/aromatic N) is 1. The van der Waals surface area contributed by atoms with Crippen molar-refractivity contribution in [1.29, 1.82) is 0 Å². The van der Waals surface area contributed by atoms with E-state index in [2.05, 4.69) is 14.9 Å². The molecule has 1 atom stereocenters. The minimum Gasteiger partial charge on any atom is -0.325 e. The Bertz CT molecular complexity index is 1100. The lowest BCUT2D eigenvalue weighted by Gasteiger charge is -2.33. The van der Waals surface area contributed by atoms with Crippen molar-refractivity contribution < 1.29 is 17.6 Å². The molecule has 0 radical (unpaired) electrons. The lowest BCUT2D eigenvalue weighted by Crippen LogP contribution is -2.58. The first-order valence-electron chi connectivity index (χ1n) is 9.85. The van der Waals surface area contributed by atoms with Gasteiger partial charge in [0, 0.05) is 5.69 Å². The van der Waals surface area contributed by atoms with Crippen molar-refractivity contribution in [2.24, 2.45) is 0 Å². The van der Waals surface area contributed by atoms with Crippen molar-refractivity contribution in [3.05, 3.63) is 70.8 Å². The van der Waals surface area contributed by atoms with Crippen LogP contribution >= 0.6 is 0 Å². The highest BCUT2D eigenvalue weighted by molar-refractivity contribution is 7.90. The van der Waals surface area contributed by atoms with Gasteiger partial charge in [-0.3, -0.25) is 4.79 Å². The van der Waals surface area contributed by atoms with E-state index in [9.17, 15) is 17.6 Å². The zero-order valence-corrected chi connectivity index (χ0v) is 19.2. The van der Waals surface area contributed by atoms with Gasteiger partial charge in [0.2, 0.25) is 15.9 Å². The summed E-state index contributed by atoms with van der Waals surface area (Å²) in [5.41, 5.74) is 0.986. The van der Waals surface area contributed by atoms with Crippen LogP contribution in [0.1, 0.15) is 45.2 Å². The first-order valence-corrected chi connectivity index (χ1v) is 11.3. The SMILES string of the molecule is [C-]#[N+]c1ccc(NC(=O)[C@@](C)(CCc2ccc(F)cc2)NS(=O)(=O)C(C)(C)C)cc1C. The van der Waals surface area contributed by atoms with Crippen LogP contribution in [0.2, 0.25) is 0 Å². The van der Waals surface area contributed by atoms with Crippen LogP contribution in [-0.4, -0.2) is 24.6 Å².